The lowest BCUT2D eigenvalue weighted by molar-refractivity contribution is 0.0748. The predicted molar refractivity (Wildman–Crippen MR) is 123 cm³/mol. The number of anilines is 1. The fourth-order valence-corrected chi connectivity index (χ4v) is 4.32. The van der Waals surface area contributed by atoms with E-state index in [4.69, 9.17) is 10.1 Å². The zero-order valence-corrected chi connectivity index (χ0v) is 18.1. The van der Waals surface area contributed by atoms with Crippen LogP contribution in [-0.4, -0.2) is 51.8 Å². The van der Waals surface area contributed by atoms with Gasteiger partial charge in [0.2, 0.25) is 0 Å². The van der Waals surface area contributed by atoms with E-state index in [9.17, 15) is 9.18 Å². The first-order chi connectivity index (χ1) is 15.5. The number of carbonyl (C=O) groups excluding carboxylic acids is 1. The van der Waals surface area contributed by atoms with Crippen LogP contribution in [0.4, 0.5) is 10.1 Å². The van der Waals surface area contributed by atoms with E-state index >= 15 is 0 Å². The predicted octanol–water partition coefficient (Wildman–Crippen LogP) is 4.14. The second-order valence-electron chi connectivity index (χ2n) is 8.10. The van der Waals surface area contributed by atoms with Crippen molar-refractivity contribution >= 4 is 22.6 Å². The first-order valence-electron chi connectivity index (χ1n) is 10.7. The van der Waals surface area contributed by atoms with E-state index in [0.29, 0.717) is 37.4 Å². The van der Waals surface area contributed by atoms with Crippen molar-refractivity contribution in [2.45, 2.75) is 13.8 Å². The minimum atomic E-state index is -0.244. The third-order valence-corrected chi connectivity index (χ3v) is 5.93. The Morgan fingerprint density at radius 2 is 1.59 bits per heavy atom. The highest BCUT2D eigenvalue weighted by molar-refractivity contribution is 6.06. The van der Waals surface area contributed by atoms with Gasteiger partial charge in [0, 0.05) is 37.6 Å². The molecule has 2 aromatic heterocycles. The Kier molecular flexibility index (Phi) is 5.09. The quantitative estimate of drug-likeness (QED) is 0.491. The van der Waals surface area contributed by atoms with Crippen LogP contribution in [0.1, 0.15) is 21.7 Å². The summed E-state index contributed by atoms with van der Waals surface area (Å²) in [7, 11) is 0. The fraction of sp³-hybridized carbons (Fsp3) is 0.240. The summed E-state index contributed by atoms with van der Waals surface area (Å²) < 4.78 is 15.0. The Bertz CT molecular complexity index is 1280. The first kappa shape index (κ1) is 20.2. The number of pyridine rings is 1. The fourth-order valence-electron chi connectivity index (χ4n) is 4.32. The highest BCUT2D eigenvalue weighted by Crippen LogP contribution is 2.26. The van der Waals surface area contributed by atoms with Gasteiger partial charge in [-0.25, -0.2) is 14.1 Å². The van der Waals surface area contributed by atoms with E-state index in [1.807, 2.05) is 55.1 Å². The van der Waals surface area contributed by atoms with Gasteiger partial charge in [-0.1, -0.05) is 18.2 Å². The molecule has 0 unspecified atom stereocenters. The third-order valence-electron chi connectivity index (χ3n) is 5.93. The van der Waals surface area contributed by atoms with Crippen molar-refractivity contribution in [1.82, 2.24) is 19.7 Å². The van der Waals surface area contributed by atoms with Crippen LogP contribution in [0.5, 0.6) is 0 Å². The molecule has 1 aliphatic heterocycles. The van der Waals surface area contributed by atoms with Crippen molar-refractivity contribution in [3.05, 3.63) is 83.4 Å². The van der Waals surface area contributed by atoms with Crippen LogP contribution in [0.2, 0.25) is 0 Å². The SMILES string of the molecule is Cc1cc(C(=O)N2CCN(c3ccc(F)cc3)CC2)c2c(C)nn(-c3ccccc3)c2n1. The van der Waals surface area contributed by atoms with Gasteiger partial charge in [-0.05, 0) is 56.3 Å². The normalized spacial score (nSPS) is 14.2. The molecule has 0 radical (unpaired) electrons. The van der Waals surface area contributed by atoms with Crippen LogP contribution in [0.25, 0.3) is 16.7 Å². The van der Waals surface area contributed by atoms with Crippen LogP contribution in [-0.2, 0) is 0 Å². The van der Waals surface area contributed by atoms with Gasteiger partial charge in [0.25, 0.3) is 5.91 Å². The van der Waals surface area contributed by atoms with Gasteiger partial charge in [0.1, 0.15) is 5.82 Å². The van der Waals surface area contributed by atoms with E-state index in [1.54, 1.807) is 16.8 Å². The molecule has 1 saturated heterocycles. The van der Waals surface area contributed by atoms with Crippen LogP contribution >= 0.6 is 0 Å². The minimum absolute atomic E-state index is 0.00466. The highest BCUT2D eigenvalue weighted by Gasteiger charge is 2.26. The van der Waals surface area contributed by atoms with Crippen LogP contribution in [0, 0.1) is 19.7 Å². The minimum Gasteiger partial charge on any atom is -0.368 e. The van der Waals surface area contributed by atoms with Gasteiger partial charge in [0.05, 0.1) is 22.3 Å². The Morgan fingerprint density at radius 3 is 2.28 bits per heavy atom. The molecular weight excluding hydrogens is 405 g/mol. The standard InChI is InChI=1S/C25H24FN5O/c1-17-16-22(23-18(2)28-31(24(23)27-17)21-6-4-3-5-7-21)25(32)30-14-12-29(13-15-30)20-10-8-19(26)9-11-20/h3-11,16H,12-15H2,1-2H3. The molecule has 4 aromatic rings. The molecule has 32 heavy (non-hydrogen) atoms. The lowest BCUT2D eigenvalue weighted by Crippen LogP contribution is -2.48. The average molecular weight is 429 g/mol. The maximum absolute atomic E-state index is 13.5. The summed E-state index contributed by atoms with van der Waals surface area (Å²) in [5, 5.41) is 5.49. The molecule has 0 N–H and O–H groups in total. The second kappa shape index (κ2) is 8.07. The molecule has 0 saturated carbocycles. The number of aromatic nitrogens is 3. The van der Waals surface area contributed by atoms with Crippen molar-refractivity contribution < 1.29 is 9.18 Å². The number of para-hydroxylation sites is 1. The smallest absolute Gasteiger partial charge is 0.254 e. The number of nitrogens with zero attached hydrogens (tertiary/aromatic N) is 5. The van der Waals surface area contributed by atoms with Crippen molar-refractivity contribution in [3.63, 3.8) is 0 Å². The number of rotatable bonds is 3. The molecule has 1 fully saturated rings. The molecule has 0 aliphatic carbocycles. The monoisotopic (exact) mass is 429 g/mol. The van der Waals surface area contributed by atoms with Gasteiger partial charge < -0.3 is 9.80 Å². The van der Waals surface area contributed by atoms with Crippen LogP contribution < -0.4 is 4.90 Å². The van der Waals surface area contributed by atoms with Crippen molar-refractivity contribution in [3.8, 4) is 5.69 Å². The van der Waals surface area contributed by atoms with E-state index in [1.165, 1.54) is 12.1 Å². The number of halogens is 1. The van der Waals surface area contributed by atoms with E-state index in [0.717, 1.165) is 28.1 Å². The number of hydrogen-bond donors (Lipinski definition) is 0. The molecule has 3 heterocycles. The Balaban J connectivity index is 1.44. The number of fused-ring (bicyclic) bond motifs is 1. The molecule has 0 atom stereocenters. The molecule has 1 amide bonds. The number of benzene rings is 2. The van der Waals surface area contributed by atoms with Gasteiger partial charge in [-0.2, -0.15) is 5.10 Å². The summed E-state index contributed by atoms with van der Waals surface area (Å²) in [6, 6.07) is 18.2. The lowest BCUT2D eigenvalue weighted by atomic mass is 10.1. The molecule has 0 bridgehead atoms. The zero-order chi connectivity index (χ0) is 22.2. The highest BCUT2D eigenvalue weighted by atomic mass is 19.1. The van der Waals surface area contributed by atoms with Crippen LogP contribution in [0.3, 0.4) is 0 Å². The largest absolute Gasteiger partial charge is 0.368 e. The lowest BCUT2D eigenvalue weighted by Gasteiger charge is -2.36. The van der Waals surface area contributed by atoms with Crippen LogP contribution in [0.15, 0.2) is 60.7 Å². The number of piperazine rings is 1. The maximum atomic E-state index is 13.5. The molecule has 7 heteroatoms. The Morgan fingerprint density at radius 1 is 0.906 bits per heavy atom. The van der Waals surface area contributed by atoms with Gasteiger partial charge >= 0.3 is 0 Å². The molecule has 0 spiro atoms. The molecule has 5 rings (SSSR count). The van der Waals surface area contributed by atoms with E-state index in [2.05, 4.69) is 4.90 Å². The van der Waals surface area contributed by atoms with Crippen molar-refractivity contribution in [1.29, 1.82) is 0 Å². The van der Waals surface area contributed by atoms with Gasteiger partial charge in [-0.15, -0.1) is 0 Å². The summed E-state index contributed by atoms with van der Waals surface area (Å²) in [5.41, 5.74) is 4.78. The first-order valence-corrected chi connectivity index (χ1v) is 10.7. The van der Waals surface area contributed by atoms with Gasteiger partial charge in [0.15, 0.2) is 5.65 Å². The summed E-state index contributed by atoms with van der Waals surface area (Å²) in [4.78, 5) is 22.3. The molecule has 1 aliphatic rings. The Labute approximate surface area is 185 Å². The zero-order valence-electron chi connectivity index (χ0n) is 18.1. The number of carbonyl (C=O) groups is 1. The molecule has 2 aromatic carbocycles. The molecule has 6 nitrogen and oxygen atoms in total. The number of hydrogen-bond acceptors (Lipinski definition) is 4. The summed E-state index contributed by atoms with van der Waals surface area (Å²) in [6.07, 6.45) is 0. The Hall–Kier alpha value is -3.74. The summed E-state index contributed by atoms with van der Waals surface area (Å²) in [5.74, 6) is -0.249. The maximum Gasteiger partial charge on any atom is 0.254 e. The summed E-state index contributed by atoms with van der Waals surface area (Å²) in [6.45, 7) is 6.43. The number of aryl methyl sites for hydroxylation is 2. The third kappa shape index (κ3) is 3.60. The van der Waals surface area contributed by atoms with E-state index in [-0.39, 0.29) is 11.7 Å². The van der Waals surface area contributed by atoms with Crippen molar-refractivity contribution in [2.24, 2.45) is 0 Å². The van der Waals surface area contributed by atoms with E-state index < -0.39 is 0 Å². The molecular formula is C25H24FN5O. The average Bonchev–Trinajstić information content (AvgIpc) is 3.15. The topological polar surface area (TPSA) is 54.3 Å². The van der Waals surface area contributed by atoms with Gasteiger partial charge in [-0.3, -0.25) is 4.79 Å². The summed E-state index contributed by atoms with van der Waals surface area (Å²) >= 11 is 0. The van der Waals surface area contributed by atoms with Crippen molar-refractivity contribution in [2.75, 3.05) is 31.1 Å². The number of amides is 1. The molecule has 162 valence electrons. The second-order valence-corrected chi connectivity index (χ2v) is 8.10.